The Morgan fingerprint density at radius 1 is 0.867 bits per heavy atom. The number of hydrogen-bond donors (Lipinski definition) is 2. The Labute approximate surface area is 91.7 Å². The van der Waals surface area contributed by atoms with Crippen LogP contribution in [0.3, 0.4) is 0 Å². The maximum Gasteiger partial charge on any atom is 0.0459 e. The molecule has 15 heavy (non-hydrogen) atoms. The Kier molecular flexibility index (Phi) is 2.52. The standard InChI is InChI=1S/C13H22O2/c14-2-1-9-5-10-6-12(9)13-4-8(7-15)3-11(10)13/h8-15H,1-7H2. The quantitative estimate of drug-likeness (QED) is 0.743. The smallest absolute Gasteiger partial charge is 0.0459 e. The van der Waals surface area contributed by atoms with Gasteiger partial charge in [0, 0.05) is 13.2 Å². The van der Waals surface area contributed by atoms with E-state index in [1.54, 1.807) is 0 Å². The Hall–Kier alpha value is -0.0800. The monoisotopic (exact) mass is 210 g/mol. The highest BCUT2D eigenvalue weighted by atomic mass is 16.3. The summed E-state index contributed by atoms with van der Waals surface area (Å²) in [4.78, 5) is 0. The molecule has 0 saturated heterocycles. The largest absolute Gasteiger partial charge is 0.396 e. The predicted octanol–water partition coefficient (Wildman–Crippen LogP) is 1.66. The SMILES string of the molecule is OCCC1CC2CC1C1CC(CO)CC21. The molecule has 0 radical (unpaired) electrons. The normalized spacial score (nSPS) is 52.4. The van der Waals surface area contributed by atoms with E-state index < -0.39 is 0 Å². The number of aliphatic hydroxyl groups excluding tert-OH is 2. The third-order valence-electron chi connectivity index (χ3n) is 5.46. The number of fused-ring (bicyclic) bond motifs is 5. The minimum atomic E-state index is 0.370. The second kappa shape index (κ2) is 3.74. The minimum absolute atomic E-state index is 0.370. The van der Waals surface area contributed by atoms with Gasteiger partial charge >= 0.3 is 0 Å². The van der Waals surface area contributed by atoms with Gasteiger partial charge in [-0.1, -0.05) is 0 Å². The van der Waals surface area contributed by atoms with Crippen LogP contribution in [0, 0.1) is 35.5 Å². The van der Waals surface area contributed by atoms with Crippen molar-refractivity contribution in [3.63, 3.8) is 0 Å². The van der Waals surface area contributed by atoms with Gasteiger partial charge in [-0.3, -0.25) is 0 Å². The molecule has 0 aromatic rings. The molecule has 2 N–H and O–H groups in total. The van der Waals surface area contributed by atoms with E-state index in [4.69, 9.17) is 5.11 Å². The lowest BCUT2D eigenvalue weighted by Crippen LogP contribution is -2.24. The van der Waals surface area contributed by atoms with Crippen LogP contribution in [0.5, 0.6) is 0 Å². The highest BCUT2D eigenvalue weighted by molar-refractivity contribution is 5.04. The van der Waals surface area contributed by atoms with Gasteiger partial charge in [0.2, 0.25) is 0 Å². The van der Waals surface area contributed by atoms with E-state index in [0.717, 1.165) is 36.0 Å². The zero-order chi connectivity index (χ0) is 10.4. The van der Waals surface area contributed by atoms with Crippen molar-refractivity contribution in [2.75, 3.05) is 13.2 Å². The molecular formula is C13H22O2. The lowest BCUT2D eigenvalue weighted by molar-refractivity contribution is 0.153. The molecule has 0 aromatic heterocycles. The zero-order valence-electron chi connectivity index (χ0n) is 9.31. The molecule has 0 aliphatic heterocycles. The summed E-state index contributed by atoms with van der Waals surface area (Å²) in [6.07, 6.45) is 6.37. The minimum Gasteiger partial charge on any atom is -0.396 e. The first kappa shape index (κ1) is 10.1. The zero-order valence-corrected chi connectivity index (χ0v) is 9.31. The first-order chi connectivity index (χ1) is 7.33. The van der Waals surface area contributed by atoms with Crippen molar-refractivity contribution in [3.8, 4) is 0 Å². The van der Waals surface area contributed by atoms with Crippen LogP contribution in [-0.4, -0.2) is 23.4 Å². The molecule has 0 amide bonds. The first-order valence-electron chi connectivity index (χ1n) is 6.55. The van der Waals surface area contributed by atoms with E-state index in [-0.39, 0.29) is 0 Å². The average Bonchev–Trinajstić information content (AvgIpc) is 2.86. The molecule has 0 aromatic carbocycles. The predicted molar refractivity (Wildman–Crippen MR) is 58.2 cm³/mol. The molecule has 3 rings (SSSR count). The average molecular weight is 210 g/mol. The highest BCUT2D eigenvalue weighted by Gasteiger charge is 2.55. The molecule has 3 aliphatic rings. The summed E-state index contributed by atoms with van der Waals surface area (Å²) in [5, 5.41) is 18.3. The molecule has 6 unspecified atom stereocenters. The van der Waals surface area contributed by atoms with Crippen molar-refractivity contribution in [1.82, 2.24) is 0 Å². The van der Waals surface area contributed by atoms with Crippen LogP contribution < -0.4 is 0 Å². The fourth-order valence-electron chi connectivity index (χ4n) is 4.97. The lowest BCUT2D eigenvalue weighted by atomic mass is 9.75. The van der Waals surface area contributed by atoms with E-state index in [0.29, 0.717) is 19.1 Å². The van der Waals surface area contributed by atoms with E-state index in [9.17, 15) is 5.11 Å². The van der Waals surface area contributed by atoms with Gasteiger partial charge in [-0.2, -0.15) is 0 Å². The maximum absolute atomic E-state index is 9.24. The van der Waals surface area contributed by atoms with Crippen molar-refractivity contribution in [1.29, 1.82) is 0 Å². The summed E-state index contributed by atoms with van der Waals surface area (Å²) < 4.78 is 0. The molecule has 0 spiro atoms. The van der Waals surface area contributed by atoms with Crippen LogP contribution in [0.2, 0.25) is 0 Å². The molecule has 2 bridgehead atoms. The Balaban J connectivity index is 1.70. The Morgan fingerprint density at radius 2 is 1.67 bits per heavy atom. The molecular weight excluding hydrogens is 188 g/mol. The highest BCUT2D eigenvalue weighted by Crippen LogP contribution is 2.62. The van der Waals surface area contributed by atoms with Crippen LogP contribution >= 0.6 is 0 Å². The molecule has 0 heterocycles. The molecule has 3 aliphatic carbocycles. The molecule has 3 fully saturated rings. The molecule has 2 heteroatoms. The fourth-order valence-corrected chi connectivity index (χ4v) is 4.97. The molecule has 2 nitrogen and oxygen atoms in total. The lowest BCUT2D eigenvalue weighted by Gasteiger charge is -2.31. The summed E-state index contributed by atoms with van der Waals surface area (Å²) in [7, 11) is 0. The van der Waals surface area contributed by atoms with Crippen molar-refractivity contribution in [3.05, 3.63) is 0 Å². The van der Waals surface area contributed by atoms with Gasteiger partial charge in [-0.25, -0.2) is 0 Å². The van der Waals surface area contributed by atoms with Gasteiger partial charge in [0.15, 0.2) is 0 Å². The van der Waals surface area contributed by atoms with Crippen molar-refractivity contribution < 1.29 is 10.2 Å². The maximum atomic E-state index is 9.24. The summed E-state index contributed by atoms with van der Waals surface area (Å²) in [5.74, 6) is 5.06. The van der Waals surface area contributed by atoms with Crippen LogP contribution in [0.15, 0.2) is 0 Å². The number of rotatable bonds is 3. The molecule has 3 saturated carbocycles. The second-order valence-electron chi connectivity index (χ2n) is 6.02. The van der Waals surface area contributed by atoms with E-state index in [1.807, 2.05) is 0 Å². The van der Waals surface area contributed by atoms with Crippen LogP contribution in [-0.2, 0) is 0 Å². The number of aliphatic hydroxyl groups is 2. The van der Waals surface area contributed by atoms with Gasteiger partial charge in [0.05, 0.1) is 0 Å². The summed E-state index contributed by atoms with van der Waals surface area (Å²) in [5.41, 5.74) is 0. The molecule has 86 valence electrons. The topological polar surface area (TPSA) is 40.5 Å². The third kappa shape index (κ3) is 1.45. The fraction of sp³-hybridized carbons (Fsp3) is 1.00. The van der Waals surface area contributed by atoms with E-state index in [2.05, 4.69) is 0 Å². The van der Waals surface area contributed by atoms with Crippen LogP contribution in [0.1, 0.15) is 32.1 Å². The van der Waals surface area contributed by atoms with Crippen LogP contribution in [0.4, 0.5) is 0 Å². The second-order valence-corrected chi connectivity index (χ2v) is 6.02. The van der Waals surface area contributed by atoms with E-state index in [1.165, 1.54) is 25.7 Å². The van der Waals surface area contributed by atoms with Crippen LogP contribution in [0.25, 0.3) is 0 Å². The number of hydrogen-bond acceptors (Lipinski definition) is 2. The van der Waals surface area contributed by atoms with Crippen molar-refractivity contribution in [2.45, 2.75) is 32.1 Å². The summed E-state index contributed by atoms with van der Waals surface area (Å²) in [6, 6.07) is 0. The van der Waals surface area contributed by atoms with Gasteiger partial charge in [-0.15, -0.1) is 0 Å². The van der Waals surface area contributed by atoms with Crippen molar-refractivity contribution >= 4 is 0 Å². The Bertz CT molecular complexity index is 241. The first-order valence-corrected chi connectivity index (χ1v) is 6.55. The molecule has 6 atom stereocenters. The van der Waals surface area contributed by atoms with Gasteiger partial charge in [-0.05, 0) is 67.6 Å². The summed E-state index contributed by atoms with van der Waals surface area (Å²) in [6.45, 7) is 0.770. The van der Waals surface area contributed by atoms with Crippen molar-refractivity contribution in [2.24, 2.45) is 35.5 Å². The Morgan fingerprint density at radius 3 is 2.40 bits per heavy atom. The van der Waals surface area contributed by atoms with Gasteiger partial charge < -0.3 is 10.2 Å². The third-order valence-corrected chi connectivity index (χ3v) is 5.46. The van der Waals surface area contributed by atoms with E-state index >= 15 is 0 Å². The van der Waals surface area contributed by atoms with Gasteiger partial charge in [0.1, 0.15) is 0 Å². The summed E-state index contributed by atoms with van der Waals surface area (Å²) >= 11 is 0. The van der Waals surface area contributed by atoms with Gasteiger partial charge in [0.25, 0.3) is 0 Å².